The van der Waals surface area contributed by atoms with Gasteiger partial charge in [0.15, 0.2) is 0 Å². The van der Waals surface area contributed by atoms with Gasteiger partial charge in [0.1, 0.15) is 0 Å². The van der Waals surface area contributed by atoms with E-state index in [0.717, 1.165) is 17.3 Å². The van der Waals surface area contributed by atoms with Gasteiger partial charge in [0.05, 0.1) is 5.54 Å². The van der Waals surface area contributed by atoms with Crippen molar-refractivity contribution in [3.63, 3.8) is 0 Å². The molecule has 1 aliphatic heterocycles. The molecular weight excluding hydrogens is 353 g/mol. The minimum absolute atomic E-state index is 0.161. The van der Waals surface area contributed by atoms with Crippen LogP contribution in [0.15, 0.2) is 22.7 Å². The van der Waals surface area contributed by atoms with Crippen LogP contribution in [0.1, 0.15) is 23.2 Å². The van der Waals surface area contributed by atoms with E-state index in [0.29, 0.717) is 29.7 Å². The van der Waals surface area contributed by atoms with Crippen molar-refractivity contribution in [2.45, 2.75) is 18.4 Å². The molecule has 1 amide bonds. The Hall–Kier alpha value is -0.290. The number of benzene rings is 1. The molecule has 0 radical (unpaired) electrons. The molecule has 0 aliphatic carbocycles. The zero-order valence-corrected chi connectivity index (χ0v) is 13.3. The number of amides is 1. The number of alkyl halides is 1. The number of ether oxygens (including phenoxy) is 1. The standard InChI is InChI=1S/C13H14BrCl2NO2/c14-10-5-9(6-11(16)7-10)12(18)17-13(8-15)1-3-19-4-2-13/h5-7H,1-4,8H2,(H,17,18). The van der Waals surface area contributed by atoms with Crippen LogP contribution < -0.4 is 5.32 Å². The smallest absolute Gasteiger partial charge is 0.251 e. The highest BCUT2D eigenvalue weighted by atomic mass is 79.9. The van der Waals surface area contributed by atoms with Crippen molar-refractivity contribution in [2.75, 3.05) is 19.1 Å². The predicted molar refractivity (Wildman–Crippen MR) is 80.1 cm³/mol. The van der Waals surface area contributed by atoms with Crippen LogP contribution in [-0.4, -0.2) is 30.5 Å². The van der Waals surface area contributed by atoms with E-state index in [1.54, 1.807) is 18.2 Å². The molecule has 6 heteroatoms. The maximum absolute atomic E-state index is 12.3. The summed E-state index contributed by atoms with van der Waals surface area (Å²) in [6, 6.07) is 5.12. The first-order valence-corrected chi connectivity index (χ1v) is 7.67. The van der Waals surface area contributed by atoms with Gasteiger partial charge in [-0.2, -0.15) is 0 Å². The first kappa shape index (κ1) is 15.1. The second kappa shape index (κ2) is 6.44. The number of carbonyl (C=O) groups is 1. The molecule has 1 fully saturated rings. The Bertz CT molecular complexity index is 455. The van der Waals surface area contributed by atoms with Crippen molar-refractivity contribution in [1.82, 2.24) is 5.32 Å². The quantitative estimate of drug-likeness (QED) is 0.829. The molecule has 0 bridgehead atoms. The average Bonchev–Trinajstić information content (AvgIpc) is 2.38. The number of nitrogens with one attached hydrogen (secondary N) is 1. The van der Waals surface area contributed by atoms with Crippen LogP contribution in [0.4, 0.5) is 0 Å². The van der Waals surface area contributed by atoms with Gasteiger partial charge in [0, 0.05) is 34.2 Å². The van der Waals surface area contributed by atoms with E-state index >= 15 is 0 Å². The summed E-state index contributed by atoms with van der Waals surface area (Å²) >= 11 is 15.3. The van der Waals surface area contributed by atoms with Crippen LogP contribution in [-0.2, 0) is 4.74 Å². The molecule has 0 aromatic heterocycles. The molecule has 1 aliphatic rings. The summed E-state index contributed by atoms with van der Waals surface area (Å²) in [5, 5.41) is 3.54. The number of carbonyl (C=O) groups excluding carboxylic acids is 1. The minimum atomic E-state index is -0.383. The molecule has 1 aromatic rings. The van der Waals surface area contributed by atoms with Crippen molar-refractivity contribution >= 4 is 45.0 Å². The summed E-state index contributed by atoms with van der Waals surface area (Å²) in [6.07, 6.45) is 1.45. The van der Waals surface area contributed by atoms with E-state index in [1.165, 1.54) is 0 Å². The van der Waals surface area contributed by atoms with Crippen molar-refractivity contribution in [1.29, 1.82) is 0 Å². The van der Waals surface area contributed by atoms with E-state index < -0.39 is 0 Å². The molecular formula is C13H14BrCl2NO2. The van der Waals surface area contributed by atoms with Gasteiger partial charge in [-0.3, -0.25) is 4.79 Å². The predicted octanol–water partition coefficient (Wildman–Crippen LogP) is 3.62. The third kappa shape index (κ3) is 3.85. The largest absolute Gasteiger partial charge is 0.381 e. The molecule has 1 N–H and O–H groups in total. The number of hydrogen-bond donors (Lipinski definition) is 1. The molecule has 3 nitrogen and oxygen atoms in total. The monoisotopic (exact) mass is 365 g/mol. The normalized spacial score (nSPS) is 18.1. The summed E-state index contributed by atoms with van der Waals surface area (Å²) in [4.78, 5) is 12.3. The Balaban J connectivity index is 2.15. The lowest BCUT2D eigenvalue weighted by atomic mass is 9.92. The highest BCUT2D eigenvalue weighted by Crippen LogP contribution is 2.24. The average molecular weight is 367 g/mol. The third-order valence-corrected chi connectivity index (χ3v) is 4.40. The van der Waals surface area contributed by atoms with Gasteiger partial charge in [-0.15, -0.1) is 11.6 Å². The fraction of sp³-hybridized carbons (Fsp3) is 0.462. The highest BCUT2D eigenvalue weighted by Gasteiger charge is 2.33. The van der Waals surface area contributed by atoms with E-state index in [9.17, 15) is 4.79 Å². The number of halogens is 3. The summed E-state index contributed by atoms with van der Waals surface area (Å²) in [6.45, 7) is 1.23. The molecule has 2 rings (SSSR count). The van der Waals surface area contributed by atoms with Gasteiger partial charge in [0.25, 0.3) is 5.91 Å². The molecule has 104 valence electrons. The first-order chi connectivity index (χ1) is 9.04. The van der Waals surface area contributed by atoms with Crippen molar-refractivity contribution in [3.05, 3.63) is 33.3 Å². The molecule has 1 heterocycles. The molecule has 0 unspecified atom stereocenters. The summed E-state index contributed by atoms with van der Waals surface area (Å²) in [5.41, 5.74) is 0.140. The molecule has 0 spiro atoms. The lowest BCUT2D eigenvalue weighted by molar-refractivity contribution is 0.0434. The summed E-state index contributed by atoms with van der Waals surface area (Å²) < 4.78 is 6.09. The second-order valence-electron chi connectivity index (χ2n) is 4.64. The van der Waals surface area contributed by atoms with Gasteiger partial charge < -0.3 is 10.1 Å². The van der Waals surface area contributed by atoms with Gasteiger partial charge in [-0.05, 0) is 31.0 Å². The minimum Gasteiger partial charge on any atom is -0.381 e. The van der Waals surface area contributed by atoms with Crippen molar-refractivity contribution in [3.8, 4) is 0 Å². The van der Waals surface area contributed by atoms with Crippen molar-refractivity contribution in [2.24, 2.45) is 0 Å². The topological polar surface area (TPSA) is 38.3 Å². The second-order valence-corrected chi connectivity index (χ2v) is 6.26. The highest BCUT2D eigenvalue weighted by molar-refractivity contribution is 9.10. The first-order valence-electron chi connectivity index (χ1n) is 5.97. The molecule has 0 atom stereocenters. The number of rotatable bonds is 3. The third-order valence-electron chi connectivity index (χ3n) is 3.21. The van der Waals surface area contributed by atoms with E-state index in [-0.39, 0.29) is 11.4 Å². The maximum Gasteiger partial charge on any atom is 0.251 e. The van der Waals surface area contributed by atoms with Gasteiger partial charge in [-0.25, -0.2) is 0 Å². The van der Waals surface area contributed by atoms with Crippen LogP contribution in [0.25, 0.3) is 0 Å². The fourth-order valence-electron chi connectivity index (χ4n) is 2.05. The summed E-state index contributed by atoms with van der Waals surface area (Å²) in [5.74, 6) is 0.217. The molecule has 1 saturated heterocycles. The molecule has 19 heavy (non-hydrogen) atoms. The SMILES string of the molecule is O=C(NC1(CCl)CCOCC1)c1cc(Cl)cc(Br)c1. The van der Waals surface area contributed by atoms with E-state index in [4.69, 9.17) is 27.9 Å². The summed E-state index contributed by atoms with van der Waals surface area (Å²) in [7, 11) is 0. The number of hydrogen-bond acceptors (Lipinski definition) is 2. The van der Waals surface area contributed by atoms with Crippen LogP contribution in [0.2, 0.25) is 5.02 Å². The van der Waals surface area contributed by atoms with E-state index in [1.807, 2.05) is 0 Å². The zero-order chi connectivity index (χ0) is 13.9. The van der Waals surface area contributed by atoms with Crippen LogP contribution in [0, 0.1) is 0 Å². The van der Waals surface area contributed by atoms with Gasteiger partial charge in [0.2, 0.25) is 0 Å². The Kier molecular flexibility index (Phi) is 5.12. The van der Waals surface area contributed by atoms with Crippen LogP contribution in [0.5, 0.6) is 0 Å². The Morgan fingerprint density at radius 1 is 1.37 bits per heavy atom. The van der Waals surface area contributed by atoms with Gasteiger partial charge in [-0.1, -0.05) is 27.5 Å². The lowest BCUT2D eigenvalue weighted by Gasteiger charge is -2.36. The Morgan fingerprint density at radius 3 is 2.63 bits per heavy atom. The Morgan fingerprint density at radius 2 is 2.05 bits per heavy atom. The molecule has 0 saturated carbocycles. The van der Waals surface area contributed by atoms with Crippen molar-refractivity contribution < 1.29 is 9.53 Å². The zero-order valence-electron chi connectivity index (χ0n) is 10.2. The molecule has 1 aromatic carbocycles. The van der Waals surface area contributed by atoms with Gasteiger partial charge >= 0.3 is 0 Å². The van der Waals surface area contributed by atoms with E-state index in [2.05, 4.69) is 21.2 Å². The van der Waals surface area contributed by atoms with Crippen LogP contribution in [0.3, 0.4) is 0 Å². The lowest BCUT2D eigenvalue weighted by Crippen LogP contribution is -2.53. The van der Waals surface area contributed by atoms with Crippen LogP contribution >= 0.6 is 39.1 Å². The Labute approximate surface area is 130 Å². The fourth-order valence-corrected chi connectivity index (χ4v) is 3.25. The maximum atomic E-state index is 12.3.